The monoisotopic (exact) mass is 499 g/mol. The molecule has 1 fully saturated rings. The van der Waals surface area contributed by atoms with Gasteiger partial charge in [0.25, 0.3) is 11.7 Å². The molecule has 2 aromatic carbocycles. The van der Waals surface area contributed by atoms with Gasteiger partial charge >= 0.3 is 0 Å². The second-order valence-electron chi connectivity index (χ2n) is 7.47. The lowest BCUT2D eigenvalue weighted by Crippen LogP contribution is -2.28. The Hall–Kier alpha value is -3.49. The van der Waals surface area contributed by atoms with Crippen LogP contribution in [0.2, 0.25) is 5.02 Å². The lowest BCUT2D eigenvalue weighted by atomic mass is 9.94. The molecule has 0 bridgehead atoms. The van der Waals surface area contributed by atoms with Gasteiger partial charge in [-0.2, -0.15) is 0 Å². The van der Waals surface area contributed by atoms with Crippen LogP contribution in [0.5, 0.6) is 17.2 Å². The van der Waals surface area contributed by atoms with Gasteiger partial charge in [0.05, 0.1) is 45.1 Å². The maximum atomic E-state index is 13.3. The molecule has 7 nitrogen and oxygen atoms in total. The number of methoxy groups -OCH3 is 3. The number of hydrogen-bond acceptors (Lipinski definition) is 7. The molecule has 4 rings (SSSR count). The molecule has 0 aliphatic carbocycles. The second-order valence-corrected chi connectivity index (χ2v) is 8.93. The number of aliphatic hydroxyl groups is 1. The Morgan fingerprint density at radius 2 is 1.71 bits per heavy atom. The highest BCUT2D eigenvalue weighted by atomic mass is 35.5. The van der Waals surface area contributed by atoms with Crippen LogP contribution in [0.25, 0.3) is 5.76 Å². The fourth-order valence-corrected chi connectivity index (χ4v) is 4.87. The molecule has 34 heavy (non-hydrogen) atoms. The first-order valence-electron chi connectivity index (χ1n) is 10.3. The van der Waals surface area contributed by atoms with Crippen molar-refractivity contribution in [2.45, 2.75) is 12.6 Å². The van der Waals surface area contributed by atoms with Crippen LogP contribution in [0.4, 0.5) is 0 Å². The average molecular weight is 500 g/mol. The Morgan fingerprint density at radius 1 is 1.00 bits per heavy atom. The number of carbonyl (C=O) groups is 2. The zero-order valence-electron chi connectivity index (χ0n) is 18.7. The zero-order chi connectivity index (χ0) is 24.4. The molecule has 1 aliphatic heterocycles. The number of thiophene rings is 1. The summed E-state index contributed by atoms with van der Waals surface area (Å²) in [6.45, 7) is 0.199. The molecule has 1 aliphatic rings. The Morgan fingerprint density at radius 3 is 2.35 bits per heavy atom. The lowest BCUT2D eigenvalue weighted by molar-refractivity contribution is -0.140. The highest BCUT2D eigenvalue weighted by Gasteiger charge is 2.46. The van der Waals surface area contributed by atoms with E-state index in [1.807, 2.05) is 17.5 Å². The molecule has 0 saturated carbocycles. The average Bonchev–Trinajstić information content (AvgIpc) is 3.45. The maximum absolute atomic E-state index is 13.3. The van der Waals surface area contributed by atoms with Crippen molar-refractivity contribution < 1.29 is 28.9 Å². The van der Waals surface area contributed by atoms with E-state index in [2.05, 4.69) is 0 Å². The highest BCUT2D eigenvalue weighted by Crippen LogP contribution is 2.44. The number of rotatable bonds is 7. The molecule has 1 N–H and O–H groups in total. The normalized spacial score (nSPS) is 17.2. The Kier molecular flexibility index (Phi) is 6.81. The number of ketones is 1. The Bertz CT molecular complexity index is 1270. The predicted molar refractivity (Wildman–Crippen MR) is 130 cm³/mol. The van der Waals surface area contributed by atoms with Gasteiger partial charge in [0.1, 0.15) is 11.5 Å². The summed E-state index contributed by atoms with van der Waals surface area (Å²) in [4.78, 5) is 28.8. The van der Waals surface area contributed by atoms with Gasteiger partial charge in [-0.25, -0.2) is 0 Å². The SMILES string of the molecule is COc1ccc(C2/C(=C(\O)c3cc(Cl)ccc3OC)C(=O)C(=O)N2Cc2cccs2)cc1OC. The largest absolute Gasteiger partial charge is 0.507 e. The summed E-state index contributed by atoms with van der Waals surface area (Å²) in [5.41, 5.74) is 0.736. The van der Waals surface area contributed by atoms with E-state index in [0.29, 0.717) is 27.8 Å². The number of aliphatic hydroxyl groups excluding tert-OH is 1. The van der Waals surface area contributed by atoms with Crippen molar-refractivity contribution >= 4 is 40.4 Å². The third-order valence-corrected chi connectivity index (χ3v) is 6.68. The van der Waals surface area contributed by atoms with Gasteiger partial charge in [0.15, 0.2) is 11.5 Å². The van der Waals surface area contributed by atoms with Gasteiger partial charge in [-0.3, -0.25) is 9.59 Å². The van der Waals surface area contributed by atoms with E-state index in [9.17, 15) is 14.7 Å². The Labute approximate surface area is 205 Å². The number of likely N-dealkylation sites (tertiary alicyclic amines) is 1. The molecule has 1 atom stereocenters. The smallest absolute Gasteiger partial charge is 0.295 e. The number of nitrogens with zero attached hydrogens (tertiary/aromatic N) is 1. The number of halogens is 1. The summed E-state index contributed by atoms with van der Waals surface area (Å²) >= 11 is 7.63. The number of ether oxygens (including phenoxy) is 3. The quantitative estimate of drug-likeness (QED) is 0.278. The standard InChI is InChI=1S/C25H22ClNO6S/c1-31-18-9-7-15(26)12-17(18)23(28)21-22(14-6-8-19(32-2)20(11-14)33-3)27(25(30)24(21)29)13-16-5-4-10-34-16/h4-12,22,28H,13H2,1-3H3/b23-21+. The van der Waals surface area contributed by atoms with E-state index in [4.69, 9.17) is 25.8 Å². The molecule has 1 aromatic heterocycles. The highest BCUT2D eigenvalue weighted by molar-refractivity contribution is 7.09. The Balaban J connectivity index is 1.94. The number of Topliss-reactive ketones (excluding diaryl/α,β-unsaturated/α-hetero) is 1. The molecule has 176 valence electrons. The first kappa shape index (κ1) is 23.7. The summed E-state index contributed by atoms with van der Waals surface area (Å²) in [6.07, 6.45) is 0. The van der Waals surface area contributed by atoms with E-state index < -0.39 is 17.7 Å². The van der Waals surface area contributed by atoms with E-state index in [-0.39, 0.29) is 23.4 Å². The molecule has 1 saturated heterocycles. The molecular weight excluding hydrogens is 478 g/mol. The summed E-state index contributed by atoms with van der Waals surface area (Å²) in [6, 6.07) is 12.7. The van der Waals surface area contributed by atoms with Crippen molar-refractivity contribution in [3.8, 4) is 17.2 Å². The van der Waals surface area contributed by atoms with Crippen LogP contribution >= 0.6 is 22.9 Å². The van der Waals surface area contributed by atoms with Gasteiger partial charge in [-0.15, -0.1) is 11.3 Å². The van der Waals surface area contributed by atoms with Crippen LogP contribution in [0.1, 0.15) is 22.0 Å². The molecule has 1 unspecified atom stereocenters. The molecular formula is C25H22ClNO6S. The van der Waals surface area contributed by atoms with Crippen LogP contribution in [-0.2, 0) is 16.1 Å². The van der Waals surface area contributed by atoms with Crippen molar-refractivity contribution in [3.63, 3.8) is 0 Å². The molecule has 3 aromatic rings. The van der Waals surface area contributed by atoms with Crippen molar-refractivity contribution in [3.05, 3.63) is 80.5 Å². The first-order chi connectivity index (χ1) is 16.4. The lowest BCUT2D eigenvalue weighted by Gasteiger charge is -2.25. The van der Waals surface area contributed by atoms with Gasteiger partial charge in [0.2, 0.25) is 0 Å². The zero-order valence-corrected chi connectivity index (χ0v) is 20.3. The first-order valence-corrected chi connectivity index (χ1v) is 11.5. The van der Waals surface area contributed by atoms with Crippen LogP contribution in [-0.4, -0.2) is 43.0 Å². The summed E-state index contributed by atoms with van der Waals surface area (Å²) in [7, 11) is 4.47. The second kappa shape index (κ2) is 9.79. The van der Waals surface area contributed by atoms with Crippen molar-refractivity contribution in [2.24, 2.45) is 0 Å². The van der Waals surface area contributed by atoms with Crippen molar-refractivity contribution in [2.75, 3.05) is 21.3 Å². The van der Waals surface area contributed by atoms with Crippen LogP contribution < -0.4 is 14.2 Å². The topological polar surface area (TPSA) is 85.3 Å². The predicted octanol–water partition coefficient (Wildman–Crippen LogP) is 5.05. The number of amides is 1. The summed E-state index contributed by atoms with van der Waals surface area (Å²) in [5.74, 6) is -0.629. The number of hydrogen-bond donors (Lipinski definition) is 1. The van der Waals surface area contributed by atoms with Gasteiger partial charge in [-0.1, -0.05) is 23.7 Å². The molecule has 1 amide bonds. The fraction of sp³-hybridized carbons (Fsp3) is 0.200. The van der Waals surface area contributed by atoms with Gasteiger partial charge in [0, 0.05) is 9.90 Å². The third kappa shape index (κ3) is 4.22. The molecule has 0 spiro atoms. The minimum absolute atomic E-state index is 0.0608. The van der Waals surface area contributed by atoms with Crippen LogP contribution in [0.15, 0.2) is 59.5 Å². The van der Waals surface area contributed by atoms with E-state index in [1.54, 1.807) is 30.3 Å². The summed E-state index contributed by atoms with van der Waals surface area (Å²) in [5, 5.41) is 13.6. The van der Waals surface area contributed by atoms with E-state index >= 15 is 0 Å². The molecule has 9 heteroatoms. The minimum atomic E-state index is -0.870. The van der Waals surface area contributed by atoms with Gasteiger partial charge in [-0.05, 0) is 47.3 Å². The molecule has 2 heterocycles. The van der Waals surface area contributed by atoms with Crippen molar-refractivity contribution in [1.29, 1.82) is 0 Å². The summed E-state index contributed by atoms with van der Waals surface area (Å²) < 4.78 is 16.1. The number of benzene rings is 2. The van der Waals surface area contributed by atoms with E-state index in [0.717, 1.165) is 4.88 Å². The fourth-order valence-electron chi connectivity index (χ4n) is 3.99. The minimum Gasteiger partial charge on any atom is -0.507 e. The third-order valence-electron chi connectivity index (χ3n) is 5.59. The van der Waals surface area contributed by atoms with Crippen LogP contribution in [0.3, 0.4) is 0 Å². The molecule has 0 radical (unpaired) electrons. The van der Waals surface area contributed by atoms with E-state index in [1.165, 1.54) is 43.6 Å². The van der Waals surface area contributed by atoms with Crippen LogP contribution in [0, 0.1) is 0 Å². The van der Waals surface area contributed by atoms with Crippen molar-refractivity contribution in [1.82, 2.24) is 4.90 Å². The van der Waals surface area contributed by atoms with Gasteiger partial charge < -0.3 is 24.2 Å². The maximum Gasteiger partial charge on any atom is 0.295 e. The number of carbonyl (C=O) groups excluding carboxylic acids is 2.